The molecule has 5 nitrogen and oxygen atoms in total. The van der Waals surface area contributed by atoms with E-state index in [-0.39, 0.29) is 5.92 Å². The van der Waals surface area contributed by atoms with Crippen molar-refractivity contribution in [2.45, 2.75) is 45.1 Å². The molecule has 0 radical (unpaired) electrons. The minimum absolute atomic E-state index is 0.220. The van der Waals surface area contributed by atoms with Crippen molar-refractivity contribution in [3.05, 3.63) is 59.2 Å². The predicted molar refractivity (Wildman–Crippen MR) is 141 cm³/mol. The van der Waals surface area contributed by atoms with Crippen LogP contribution in [0.15, 0.2) is 48.7 Å². The van der Waals surface area contributed by atoms with Gasteiger partial charge in [-0.1, -0.05) is 23.7 Å². The monoisotopic (exact) mass is 494 g/mol. The molecular formula is C29H35ClN2O3. The number of benzene rings is 2. The summed E-state index contributed by atoms with van der Waals surface area (Å²) in [6, 6.07) is 13.6. The number of hydrogen-bond acceptors (Lipinski definition) is 4. The van der Waals surface area contributed by atoms with Gasteiger partial charge in [0.25, 0.3) is 0 Å². The van der Waals surface area contributed by atoms with Gasteiger partial charge in [0, 0.05) is 34.6 Å². The fourth-order valence-corrected chi connectivity index (χ4v) is 5.39. The number of carbonyl (C=O) groups is 1. The fraction of sp³-hybridized carbons (Fsp3) is 0.483. The number of piperidine rings is 1. The van der Waals surface area contributed by atoms with E-state index in [4.69, 9.17) is 21.1 Å². The van der Waals surface area contributed by atoms with E-state index in [1.54, 1.807) is 7.11 Å². The van der Waals surface area contributed by atoms with Crippen molar-refractivity contribution >= 4 is 28.3 Å². The van der Waals surface area contributed by atoms with E-state index in [0.29, 0.717) is 5.78 Å². The molecule has 186 valence electrons. The highest BCUT2D eigenvalue weighted by atomic mass is 35.5. The molecular weight excluding hydrogens is 460 g/mol. The molecule has 2 aromatic carbocycles. The molecule has 0 atom stereocenters. The van der Waals surface area contributed by atoms with E-state index in [1.807, 2.05) is 36.4 Å². The number of rotatable bonds is 11. The molecule has 2 fully saturated rings. The molecule has 1 saturated heterocycles. The Labute approximate surface area is 213 Å². The second-order valence-electron chi connectivity index (χ2n) is 9.96. The van der Waals surface area contributed by atoms with Crippen LogP contribution in [0.5, 0.6) is 11.5 Å². The quantitative estimate of drug-likeness (QED) is 0.287. The van der Waals surface area contributed by atoms with Gasteiger partial charge in [0.05, 0.1) is 19.2 Å². The van der Waals surface area contributed by atoms with Crippen molar-refractivity contribution in [3.8, 4) is 11.5 Å². The number of nitrogens with zero attached hydrogens (tertiary/aromatic N) is 2. The van der Waals surface area contributed by atoms with E-state index in [9.17, 15) is 4.79 Å². The highest BCUT2D eigenvalue weighted by Gasteiger charge is 2.32. The van der Waals surface area contributed by atoms with Crippen molar-refractivity contribution in [2.24, 2.45) is 11.8 Å². The number of halogens is 1. The first-order valence-electron chi connectivity index (χ1n) is 12.9. The summed E-state index contributed by atoms with van der Waals surface area (Å²) in [5.74, 6) is 2.98. The number of likely N-dealkylation sites (tertiary alicyclic amines) is 1. The molecule has 0 amide bonds. The van der Waals surface area contributed by atoms with Gasteiger partial charge in [-0.05, 0) is 94.4 Å². The summed E-state index contributed by atoms with van der Waals surface area (Å²) in [5.41, 5.74) is 1.92. The molecule has 2 aliphatic rings. The molecule has 5 rings (SSSR count). The molecule has 0 N–H and O–H groups in total. The van der Waals surface area contributed by atoms with Crippen LogP contribution in [-0.4, -0.2) is 48.6 Å². The summed E-state index contributed by atoms with van der Waals surface area (Å²) in [6.45, 7) is 5.02. The van der Waals surface area contributed by atoms with Crippen LogP contribution in [0.2, 0.25) is 5.02 Å². The third-order valence-corrected chi connectivity index (χ3v) is 7.74. The molecule has 1 aliphatic carbocycles. The molecule has 1 aliphatic heterocycles. The van der Waals surface area contributed by atoms with Crippen LogP contribution in [-0.2, 0) is 6.54 Å². The average Bonchev–Trinajstić information content (AvgIpc) is 3.67. The Morgan fingerprint density at radius 3 is 2.51 bits per heavy atom. The van der Waals surface area contributed by atoms with Gasteiger partial charge in [0.1, 0.15) is 11.5 Å². The predicted octanol–water partition coefficient (Wildman–Crippen LogP) is 6.47. The maximum absolute atomic E-state index is 12.9. The number of carbonyl (C=O) groups excluding carboxylic acids is 1. The third kappa shape index (κ3) is 5.84. The number of Topliss-reactive ketones (excluding diaryl/α,β-unsaturated/α-hetero) is 1. The lowest BCUT2D eigenvalue weighted by molar-refractivity contribution is 0.0969. The average molecular weight is 495 g/mol. The minimum atomic E-state index is 0.220. The Morgan fingerprint density at radius 1 is 1.03 bits per heavy atom. The Hall–Kier alpha value is -2.50. The largest absolute Gasteiger partial charge is 0.495 e. The van der Waals surface area contributed by atoms with Gasteiger partial charge in [-0.15, -0.1) is 0 Å². The molecule has 1 aromatic heterocycles. The number of hydrogen-bond donors (Lipinski definition) is 0. The van der Waals surface area contributed by atoms with Gasteiger partial charge >= 0.3 is 0 Å². The maximum atomic E-state index is 12.9. The highest BCUT2D eigenvalue weighted by Crippen LogP contribution is 2.37. The van der Waals surface area contributed by atoms with Gasteiger partial charge in [-0.25, -0.2) is 0 Å². The van der Waals surface area contributed by atoms with Gasteiger partial charge in [-0.2, -0.15) is 0 Å². The summed E-state index contributed by atoms with van der Waals surface area (Å²) in [6.07, 6.45) is 8.74. The number of methoxy groups -OCH3 is 1. The first-order valence-corrected chi connectivity index (χ1v) is 13.3. The van der Waals surface area contributed by atoms with Crippen LogP contribution in [0.4, 0.5) is 0 Å². The van der Waals surface area contributed by atoms with Crippen LogP contribution >= 0.6 is 11.6 Å². The fourth-order valence-electron chi connectivity index (χ4n) is 5.27. The number of para-hydroxylation sites is 1. The number of aromatic nitrogens is 1. The molecule has 1 saturated carbocycles. The van der Waals surface area contributed by atoms with E-state index in [2.05, 4.69) is 21.7 Å². The Bertz CT molecular complexity index is 1140. The second kappa shape index (κ2) is 11.0. The zero-order valence-corrected chi connectivity index (χ0v) is 21.3. The van der Waals surface area contributed by atoms with E-state index in [0.717, 1.165) is 97.4 Å². The summed E-state index contributed by atoms with van der Waals surface area (Å²) >= 11 is 5.94. The van der Waals surface area contributed by atoms with Crippen molar-refractivity contribution in [3.63, 3.8) is 0 Å². The van der Waals surface area contributed by atoms with Crippen molar-refractivity contribution in [2.75, 3.05) is 33.4 Å². The first-order chi connectivity index (χ1) is 17.1. The van der Waals surface area contributed by atoms with Crippen LogP contribution in [0.25, 0.3) is 10.9 Å². The van der Waals surface area contributed by atoms with Crippen molar-refractivity contribution in [1.82, 2.24) is 9.47 Å². The van der Waals surface area contributed by atoms with Gasteiger partial charge < -0.3 is 18.9 Å². The maximum Gasteiger partial charge on any atom is 0.168 e. The lowest BCUT2D eigenvalue weighted by Gasteiger charge is -2.32. The zero-order chi connectivity index (χ0) is 24.2. The summed E-state index contributed by atoms with van der Waals surface area (Å²) < 4.78 is 13.8. The van der Waals surface area contributed by atoms with Gasteiger partial charge in [0.2, 0.25) is 0 Å². The van der Waals surface area contributed by atoms with Crippen LogP contribution in [0.1, 0.15) is 48.9 Å². The van der Waals surface area contributed by atoms with E-state index >= 15 is 0 Å². The number of ether oxygens (including phenoxy) is 2. The molecule has 0 unspecified atom stereocenters. The normalized spacial score (nSPS) is 17.1. The lowest BCUT2D eigenvalue weighted by atomic mass is 9.94. The third-order valence-electron chi connectivity index (χ3n) is 7.48. The second-order valence-corrected chi connectivity index (χ2v) is 10.4. The summed E-state index contributed by atoms with van der Waals surface area (Å²) in [7, 11) is 1.71. The van der Waals surface area contributed by atoms with Crippen molar-refractivity contribution < 1.29 is 14.3 Å². The van der Waals surface area contributed by atoms with Crippen LogP contribution in [0, 0.1) is 11.8 Å². The number of aryl methyl sites for hydroxylation is 1. The number of fused-ring (bicyclic) bond motifs is 1. The SMILES string of the molecule is COc1cccc2c(C(=O)C3CC3)cn(CCCN3CCC(CCOc4ccc(Cl)cc4)CC3)c12. The van der Waals surface area contributed by atoms with Crippen LogP contribution in [0.3, 0.4) is 0 Å². The minimum Gasteiger partial charge on any atom is -0.495 e. The summed E-state index contributed by atoms with van der Waals surface area (Å²) in [5, 5.41) is 1.77. The summed E-state index contributed by atoms with van der Waals surface area (Å²) in [4.78, 5) is 15.5. The van der Waals surface area contributed by atoms with Gasteiger partial charge in [-0.3, -0.25) is 4.79 Å². The zero-order valence-electron chi connectivity index (χ0n) is 20.5. The molecule has 0 bridgehead atoms. The standard InChI is InChI=1S/C29H35ClN2O3/c1-34-27-5-2-4-25-26(29(33)22-6-7-22)20-32(28(25)27)16-3-15-31-17-12-21(13-18-31)14-19-35-24-10-8-23(30)9-11-24/h2,4-5,8-11,20-22H,3,6-7,12-19H2,1H3. The molecule has 6 heteroatoms. The van der Waals surface area contributed by atoms with Gasteiger partial charge in [0.15, 0.2) is 5.78 Å². The molecule has 2 heterocycles. The first kappa shape index (κ1) is 24.2. The van der Waals surface area contributed by atoms with Crippen molar-refractivity contribution in [1.29, 1.82) is 0 Å². The number of ketones is 1. The lowest BCUT2D eigenvalue weighted by Crippen LogP contribution is -2.35. The Morgan fingerprint density at radius 2 is 1.80 bits per heavy atom. The molecule has 35 heavy (non-hydrogen) atoms. The topological polar surface area (TPSA) is 43.7 Å². The Kier molecular flexibility index (Phi) is 7.64. The smallest absolute Gasteiger partial charge is 0.168 e. The van der Waals surface area contributed by atoms with E-state index in [1.165, 1.54) is 12.8 Å². The highest BCUT2D eigenvalue weighted by molar-refractivity contribution is 6.30. The Balaban J connectivity index is 1.10. The van der Waals surface area contributed by atoms with Crippen LogP contribution < -0.4 is 9.47 Å². The molecule has 0 spiro atoms. The van der Waals surface area contributed by atoms with E-state index < -0.39 is 0 Å². The molecule has 3 aromatic rings.